The number of hydrogen-bond donors (Lipinski definition) is 0. The molecule has 0 radical (unpaired) electrons. The van der Waals surface area contributed by atoms with E-state index in [2.05, 4.69) is 23.2 Å². The fraction of sp³-hybridized carbons (Fsp3) is 0.833. The number of hydrogen-bond acceptors (Lipinski definition) is 1. The van der Waals surface area contributed by atoms with Crippen LogP contribution in [-0.2, 0) is 4.79 Å². The Balaban J connectivity index is 3.62. The van der Waals surface area contributed by atoms with Gasteiger partial charge < -0.3 is 0 Å². The Labute approximate surface area is 97.7 Å². The molecule has 100 valence electrons. The molecule has 0 amide bonds. The minimum absolute atomic E-state index is 3.38. The molecule has 1 rings (SSSR count). The van der Waals surface area contributed by atoms with Gasteiger partial charge in [0.25, 0.3) is 10.1 Å². The van der Waals surface area contributed by atoms with Crippen molar-refractivity contribution in [2.45, 2.75) is 28.0 Å². The molecule has 0 saturated heterocycles. The normalized spacial score (nSPS) is 32.2. The number of carbonyl (C=O) groups is 1. The van der Waals surface area contributed by atoms with Gasteiger partial charge in [-0.15, -0.1) is 0 Å². The molecule has 1 fully saturated rings. The molecular weight excluding hydrogens is 311 g/mol. The van der Waals surface area contributed by atoms with Crippen LogP contribution in [0.3, 0.4) is 0 Å². The van der Waals surface area contributed by atoms with E-state index in [1.165, 1.54) is 0 Å². The van der Waals surface area contributed by atoms with E-state index in [4.69, 9.17) is 0 Å². The minimum atomic E-state index is -6.60. The zero-order valence-corrected chi connectivity index (χ0v) is 8.70. The molecule has 1 aliphatic carbocycles. The first-order valence-electron chi connectivity index (χ1n) is 3.59. The van der Waals surface area contributed by atoms with Gasteiger partial charge in [0, 0.05) is 0 Å². The molecule has 1 saturated carbocycles. The van der Waals surface area contributed by atoms with Crippen LogP contribution >= 0.6 is 23.2 Å². The molecule has 0 N–H and O–H groups in total. The lowest BCUT2D eigenvalue weighted by Crippen LogP contribution is -2.77. The van der Waals surface area contributed by atoms with Crippen LogP contribution in [-0.4, -0.2) is 33.8 Å². The zero-order valence-electron chi connectivity index (χ0n) is 7.19. The molecule has 0 heterocycles. The first-order chi connectivity index (χ1) is 7.15. The largest absolute Gasteiger partial charge is 0.385 e. The van der Waals surface area contributed by atoms with Gasteiger partial charge >= 0.3 is 23.7 Å². The molecule has 0 aromatic heterocycles. The number of rotatable bonds is 0. The van der Waals surface area contributed by atoms with Crippen LogP contribution in [0.5, 0.6) is 0 Å². The van der Waals surface area contributed by atoms with Crippen molar-refractivity contribution in [2.24, 2.45) is 0 Å². The van der Waals surface area contributed by atoms with E-state index < -0.39 is 33.8 Å². The Kier molecular flexibility index (Phi) is 2.75. The summed E-state index contributed by atoms with van der Waals surface area (Å²) in [5.41, 5.74) is 0. The quantitative estimate of drug-likeness (QED) is 0.496. The van der Waals surface area contributed by atoms with Crippen molar-refractivity contribution in [1.29, 1.82) is 0 Å². The summed E-state index contributed by atoms with van der Waals surface area (Å²) in [7, 11) is 0. The second-order valence-electron chi connectivity index (χ2n) is 3.20. The molecule has 0 aliphatic heterocycles. The molecule has 0 unspecified atom stereocenters. The van der Waals surface area contributed by atoms with Crippen molar-refractivity contribution in [3.05, 3.63) is 0 Å². The summed E-state index contributed by atoms with van der Waals surface area (Å²) in [6.07, 6.45) is 0. The molecule has 0 spiro atoms. The minimum Gasteiger partial charge on any atom is -0.289 e. The van der Waals surface area contributed by atoms with Crippen molar-refractivity contribution in [2.75, 3.05) is 0 Å². The SMILES string of the molecule is O=C1C(F)(F)C(F)(F)C(F)(F)C(F)(F)C1(Cl)Cl. The third-order valence-electron chi connectivity index (χ3n) is 2.15. The Morgan fingerprint density at radius 1 is 0.706 bits per heavy atom. The Bertz CT molecular complexity index is 344. The highest BCUT2D eigenvalue weighted by molar-refractivity contribution is 6.60. The fourth-order valence-corrected chi connectivity index (χ4v) is 1.55. The van der Waals surface area contributed by atoms with Crippen LogP contribution < -0.4 is 0 Å². The highest BCUT2D eigenvalue weighted by atomic mass is 35.5. The topological polar surface area (TPSA) is 17.1 Å². The lowest BCUT2D eigenvalue weighted by atomic mass is 9.84. The van der Waals surface area contributed by atoms with Gasteiger partial charge in [-0.05, 0) is 0 Å². The van der Waals surface area contributed by atoms with Crippen molar-refractivity contribution >= 4 is 29.0 Å². The van der Waals surface area contributed by atoms with E-state index in [9.17, 15) is 39.9 Å². The molecule has 0 bridgehead atoms. The molecule has 0 aromatic rings. The Morgan fingerprint density at radius 3 is 1.41 bits per heavy atom. The first-order valence-corrected chi connectivity index (χ1v) is 4.35. The Morgan fingerprint density at radius 2 is 1.06 bits per heavy atom. The van der Waals surface area contributed by atoms with Gasteiger partial charge in [-0.1, -0.05) is 23.2 Å². The number of Topliss-reactive ketones (excluding diaryl/α,β-unsaturated/α-hetero) is 1. The van der Waals surface area contributed by atoms with Gasteiger partial charge in [-0.3, -0.25) is 4.79 Å². The molecule has 0 atom stereocenters. The van der Waals surface area contributed by atoms with E-state index >= 15 is 0 Å². The summed E-state index contributed by atoms with van der Waals surface area (Å²) in [5.74, 6) is -28.7. The smallest absolute Gasteiger partial charge is 0.289 e. The van der Waals surface area contributed by atoms with Crippen molar-refractivity contribution in [3.63, 3.8) is 0 Å². The lowest BCUT2D eigenvalue weighted by molar-refractivity contribution is -0.373. The van der Waals surface area contributed by atoms with Crippen LogP contribution in [0.25, 0.3) is 0 Å². The van der Waals surface area contributed by atoms with Crippen LogP contribution in [0, 0.1) is 0 Å². The molecule has 17 heavy (non-hydrogen) atoms. The van der Waals surface area contributed by atoms with Gasteiger partial charge in [0.2, 0.25) is 0 Å². The van der Waals surface area contributed by atoms with Gasteiger partial charge in [-0.2, -0.15) is 35.1 Å². The molecule has 0 aromatic carbocycles. The van der Waals surface area contributed by atoms with Crippen LogP contribution in [0.2, 0.25) is 0 Å². The molecule has 1 nitrogen and oxygen atoms in total. The predicted molar refractivity (Wildman–Crippen MR) is 39.2 cm³/mol. The monoisotopic (exact) mass is 310 g/mol. The number of halogens is 10. The molecule has 11 heteroatoms. The highest BCUT2D eigenvalue weighted by Gasteiger charge is 2.93. The number of ketones is 1. The summed E-state index contributed by atoms with van der Waals surface area (Å²) in [4.78, 5) is 10.6. The lowest BCUT2D eigenvalue weighted by Gasteiger charge is -2.45. The fourth-order valence-electron chi connectivity index (χ4n) is 1.07. The highest BCUT2D eigenvalue weighted by Crippen LogP contribution is 2.64. The standard InChI is InChI=1S/C6Cl2F8O/c7-2(8)1(17)3(9,10)5(13,14)6(15,16)4(2,11)12. The average molecular weight is 311 g/mol. The van der Waals surface area contributed by atoms with E-state index in [0.717, 1.165) is 0 Å². The second kappa shape index (κ2) is 3.17. The summed E-state index contributed by atoms with van der Waals surface area (Å²) in [6, 6.07) is 0. The average Bonchev–Trinajstić information content (AvgIpc) is 2.13. The van der Waals surface area contributed by atoms with Crippen LogP contribution in [0.15, 0.2) is 0 Å². The van der Waals surface area contributed by atoms with E-state index in [-0.39, 0.29) is 0 Å². The van der Waals surface area contributed by atoms with E-state index in [0.29, 0.717) is 0 Å². The van der Waals surface area contributed by atoms with Crippen molar-refractivity contribution in [1.82, 2.24) is 0 Å². The zero-order chi connectivity index (χ0) is 14.1. The summed E-state index contributed by atoms with van der Waals surface area (Å²) < 4.78 is 96.5. The summed E-state index contributed by atoms with van der Waals surface area (Å²) >= 11 is 8.77. The maximum atomic E-state index is 12.8. The van der Waals surface area contributed by atoms with Gasteiger partial charge in [0.05, 0.1) is 0 Å². The predicted octanol–water partition coefficient (Wildman–Crippen LogP) is 3.28. The third-order valence-corrected chi connectivity index (χ3v) is 2.97. The van der Waals surface area contributed by atoms with Crippen LogP contribution in [0.4, 0.5) is 35.1 Å². The van der Waals surface area contributed by atoms with Crippen LogP contribution in [0.1, 0.15) is 0 Å². The van der Waals surface area contributed by atoms with Crippen molar-refractivity contribution < 1.29 is 39.9 Å². The summed E-state index contributed by atoms with van der Waals surface area (Å²) in [6.45, 7) is 0. The maximum absolute atomic E-state index is 12.8. The summed E-state index contributed by atoms with van der Waals surface area (Å²) in [5, 5.41) is 0. The Hall–Kier alpha value is -0.310. The first kappa shape index (κ1) is 14.7. The van der Waals surface area contributed by atoms with Gasteiger partial charge in [0.1, 0.15) is 0 Å². The number of alkyl halides is 10. The van der Waals surface area contributed by atoms with Gasteiger partial charge in [-0.25, -0.2) is 0 Å². The van der Waals surface area contributed by atoms with Crippen molar-refractivity contribution in [3.8, 4) is 0 Å². The second-order valence-corrected chi connectivity index (χ2v) is 4.53. The third kappa shape index (κ3) is 1.29. The molecular formula is C6Cl2F8O. The maximum Gasteiger partial charge on any atom is 0.385 e. The number of carbonyl (C=O) groups excluding carboxylic acids is 1. The van der Waals surface area contributed by atoms with E-state index in [1.807, 2.05) is 0 Å². The van der Waals surface area contributed by atoms with Gasteiger partial charge in [0.15, 0.2) is 0 Å². The molecule has 1 aliphatic rings. The van der Waals surface area contributed by atoms with E-state index in [1.54, 1.807) is 0 Å².